The summed E-state index contributed by atoms with van der Waals surface area (Å²) < 4.78 is 0. The van der Waals surface area contributed by atoms with Crippen LogP contribution in [0.5, 0.6) is 0 Å². The summed E-state index contributed by atoms with van der Waals surface area (Å²) in [5.41, 5.74) is 8.04. The quantitative estimate of drug-likeness (QED) is 0.120. The molecule has 6 rings (SSSR count). The van der Waals surface area contributed by atoms with Gasteiger partial charge in [-0.2, -0.15) is 12.1 Å². The third kappa shape index (κ3) is 5.41. The van der Waals surface area contributed by atoms with E-state index >= 15 is 0 Å². The molecule has 0 atom stereocenters. The Morgan fingerprint density at radius 2 is 0.975 bits per heavy atom. The predicted octanol–water partition coefficient (Wildman–Crippen LogP) is 9.88. The zero-order valence-corrected chi connectivity index (χ0v) is 29.4. The van der Waals surface area contributed by atoms with Gasteiger partial charge in [0.2, 0.25) is 0 Å². The second kappa shape index (κ2) is 12.8. The molecular weight excluding hydrogens is 663 g/mol. The van der Waals surface area contributed by atoms with E-state index in [4.69, 9.17) is 0 Å². The van der Waals surface area contributed by atoms with Crippen LogP contribution in [0, 0.1) is 28.7 Å². The van der Waals surface area contributed by atoms with Gasteiger partial charge in [-0.3, -0.25) is 0 Å². The minimum Gasteiger partial charge on any atom is -0.358 e. The Morgan fingerprint density at radius 1 is 0.575 bits per heavy atom. The molecule has 0 saturated carbocycles. The molecule has 2 heteroatoms. The molecule has 0 fully saturated rings. The third-order valence-corrected chi connectivity index (χ3v) is 13.0. The summed E-state index contributed by atoms with van der Waals surface area (Å²) in [6, 6.07) is 42.4. The first-order valence-corrected chi connectivity index (χ1v) is 16.2. The van der Waals surface area contributed by atoms with E-state index in [-0.39, 0.29) is 40.7 Å². The van der Waals surface area contributed by atoms with Gasteiger partial charge in [0.25, 0.3) is 0 Å². The number of hydrogen-bond acceptors (Lipinski definition) is 0. The molecule has 0 saturated heterocycles. The zero-order valence-electron chi connectivity index (χ0n) is 24.8. The summed E-state index contributed by atoms with van der Waals surface area (Å²) >= 11 is 0. The van der Waals surface area contributed by atoms with Gasteiger partial charge in [0, 0.05) is 0 Å². The first kappa shape index (κ1) is 31.7. The Labute approximate surface area is 261 Å². The Bertz CT molecular complexity index is 1610. The van der Waals surface area contributed by atoms with E-state index in [9.17, 15) is 0 Å². The van der Waals surface area contributed by atoms with Crippen LogP contribution < -0.4 is 10.4 Å². The number of hydrogen-bond donors (Lipinski definition) is 0. The summed E-state index contributed by atoms with van der Waals surface area (Å²) in [5.74, 6) is 0. The molecule has 200 valence electrons. The second-order valence-electron chi connectivity index (χ2n) is 10.8. The second-order valence-corrected chi connectivity index (χ2v) is 15.1. The van der Waals surface area contributed by atoms with Gasteiger partial charge in [-0.1, -0.05) is 97.7 Å². The Morgan fingerprint density at radius 3 is 1.38 bits per heavy atom. The van der Waals surface area contributed by atoms with E-state index in [0.717, 1.165) is 0 Å². The van der Waals surface area contributed by atoms with Crippen molar-refractivity contribution in [3.05, 3.63) is 135 Å². The van der Waals surface area contributed by atoms with Crippen molar-refractivity contribution in [2.24, 2.45) is 0 Å². The van der Waals surface area contributed by atoms with Crippen molar-refractivity contribution >= 4 is 40.0 Å². The molecule has 0 bridgehead atoms. The zero-order chi connectivity index (χ0) is 25.6. The molecule has 0 aromatic heterocycles. The van der Waals surface area contributed by atoms with Crippen LogP contribution in [0.1, 0.15) is 24.5 Å². The van der Waals surface area contributed by atoms with Crippen molar-refractivity contribution < 1.29 is 25.8 Å². The normalized spacial score (nSPS) is 11.1. The molecule has 0 nitrogen and oxygen atoms in total. The Kier molecular flexibility index (Phi) is 10.1. The fourth-order valence-corrected chi connectivity index (χ4v) is 10.1. The molecule has 0 unspecified atom stereocenters. The van der Waals surface area contributed by atoms with E-state index in [1.165, 1.54) is 67.4 Å². The largest absolute Gasteiger partial charge is 4.00 e. The van der Waals surface area contributed by atoms with E-state index < -0.39 is 8.07 Å². The summed E-state index contributed by atoms with van der Waals surface area (Å²) in [7, 11) is -1.94. The standard InChI is InChI=1S/C36H34Si.2CH3.Hf/c1-5-20-37(4,29-21-27-14-10-18-33(35(27)23-29)31-16-8-6-12-25(31)2)30-22-28-15-11-19-34(36(28)24-30)32-17-9-7-13-26(32)3;;;/h6-19,21-24H,5,20H2,1-4H3;2*1H3;/q-2;2*-1;+4. The topological polar surface area (TPSA) is 0 Å². The van der Waals surface area contributed by atoms with Gasteiger partial charge in [-0.25, -0.2) is 0 Å². The average molecular weight is 703 g/mol. The minimum atomic E-state index is -1.94. The summed E-state index contributed by atoms with van der Waals surface area (Å²) in [6.45, 7) is 9.36. The molecule has 6 aromatic carbocycles. The van der Waals surface area contributed by atoms with Gasteiger partial charge < -0.3 is 14.9 Å². The van der Waals surface area contributed by atoms with Crippen molar-refractivity contribution in [2.75, 3.05) is 0 Å². The van der Waals surface area contributed by atoms with E-state index in [1.807, 2.05) is 0 Å². The van der Waals surface area contributed by atoms with Crippen LogP contribution in [-0.2, 0) is 25.8 Å². The van der Waals surface area contributed by atoms with Gasteiger partial charge >= 0.3 is 25.8 Å². The van der Waals surface area contributed by atoms with Crippen molar-refractivity contribution in [1.29, 1.82) is 0 Å². The number of fused-ring (bicyclic) bond motifs is 2. The number of rotatable bonds is 6. The summed E-state index contributed by atoms with van der Waals surface area (Å²) in [6.07, 6.45) is 1.20. The maximum Gasteiger partial charge on any atom is 4.00 e. The molecule has 0 radical (unpaired) electrons. The SMILES string of the molecule is CCC[Si](C)(c1cc2c(-c3ccccc3C)cccc2[cH-]1)c1cc2c(-c3ccccc3C)cccc2[cH-]1.[CH3-].[CH3-].[Hf+4]. The number of benzene rings is 4. The van der Waals surface area contributed by atoms with Crippen molar-refractivity contribution in [3.63, 3.8) is 0 Å². The van der Waals surface area contributed by atoms with E-state index in [2.05, 4.69) is 137 Å². The van der Waals surface area contributed by atoms with Gasteiger partial charge in [0.05, 0.1) is 8.07 Å². The third-order valence-electron chi connectivity index (χ3n) is 8.40. The van der Waals surface area contributed by atoms with Crippen LogP contribution >= 0.6 is 0 Å². The van der Waals surface area contributed by atoms with Gasteiger partial charge in [-0.05, 0) is 36.1 Å². The first-order valence-electron chi connectivity index (χ1n) is 13.5. The molecular formula is C38H40HfSi. The van der Waals surface area contributed by atoms with Gasteiger partial charge in [0.15, 0.2) is 0 Å². The van der Waals surface area contributed by atoms with Gasteiger partial charge in [0.1, 0.15) is 0 Å². The van der Waals surface area contributed by atoms with Crippen LogP contribution in [0.4, 0.5) is 0 Å². The maximum absolute atomic E-state index is 2.58. The summed E-state index contributed by atoms with van der Waals surface area (Å²) in [4.78, 5) is 0. The van der Waals surface area contributed by atoms with Crippen molar-refractivity contribution in [2.45, 2.75) is 39.8 Å². The first-order chi connectivity index (χ1) is 18.0. The fraction of sp³-hybridized carbons (Fsp3) is 0.158. The molecule has 0 spiro atoms. The molecule has 0 amide bonds. The molecule has 0 heterocycles. The minimum absolute atomic E-state index is 0. The smallest absolute Gasteiger partial charge is 0.358 e. The van der Waals surface area contributed by atoms with Gasteiger partial charge in [-0.15, -0.1) is 68.3 Å². The maximum atomic E-state index is 2.58. The van der Waals surface area contributed by atoms with Crippen molar-refractivity contribution in [3.8, 4) is 22.3 Å². The van der Waals surface area contributed by atoms with Crippen LogP contribution in [0.15, 0.2) is 109 Å². The average Bonchev–Trinajstić information content (AvgIpc) is 3.55. The number of aryl methyl sites for hydroxylation is 2. The molecule has 0 aliphatic rings. The van der Waals surface area contributed by atoms with Crippen molar-refractivity contribution in [1.82, 2.24) is 0 Å². The molecule has 6 aromatic rings. The molecule has 40 heavy (non-hydrogen) atoms. The monoisotopic (exact) mass is 704 g/mol. The van der Waals surface area contributed by atoms with Crippen LogP contribution in [-0.4, -0.2) is 8.07 Å². The molecule has 0 aliphatic heterocycles. The van der Waals surface area contributed by atoms with Crippen LogP contribution in [0.2, 0.25) is 12.6 Å². The predicted molar refractivity (Wildman–Crippen MR) is 178 cm³/mol. The van der Waals surface area contributed by atoms with E-state index in [1.54, 1.807) is 10.4 Å². The van der Waals surface area contributed by atoms with Crippen LogP contribution in [0.25, 0.3) is 43.8 Å². The summed E-state index contributed by atoms with van der Waals surface area (Å²) in [5, 5.41) is 8.61. The Balaban J connectivity index is 0.00000147. The molecule has 0 aliphatic carbocycles. The Hall–Kier alpha value is -2.81. The van der Waals surface area contributed by atoms with E-state index in [0.29, 0.717) is 0 Å². The molecule has 0 N–H and O–H groups in total. The van der Waals surface area contributed by atoms with Crippen LogP contribution in [0.3, 0.4) is 0 Å². The fourth-order valence-electron chi connectivity index (χ4n) is 6.28.